The molecular formula is C19H25N3O6S2. The van der Waals surface area contributed by atoms with Crippen LogP contribution < -0.4 is 10.5 Å². The van der Waals surface area contributed by atoms with E-state index in [0.717, 1.165) is 18.4 Å². The molecule has 4 N–H and O–H groups in total. The van der Waals surface area contributed by atoms with Crippen molar-refractivity contribution in [3.05, 3.63) is 59.7 Å². The first-order valence-corrected chi connectivity index (χ1v) is 12.1. The van der Waals surface area contributed by atoms with E-state index >= 15 is 0 Å². The third kappa shape index (κ3) is 6.89. The van der Waals surface area contributed by atoms with Gasteiger partial charge in [0.15, 0.2) is 5.78 Å². The van der Waals surface area contributed by atoms with Crippen molar-refractivity contribution < 1.29 is 26.2 Å². The highest BCUT2D eigenvalue weighted by Crippen LogP contribution is 2.17. The lowest BCUT2D eigenvalue weighted by atomic mass is 10.1. The molecule has 1 saturated heterocycles. The minimum absolute atomic E-state index is 0.0567. The van der Waals surface area contributed by atoms with Crippen LogP contribution in [-0.2, 0) is 20.3 Å². The zero-order valence-corrected chi connectivity index (χ0v) is 18.1. The molecule has 0 atom stereocenters. The molecule has 164 valence electrons. The Labute approximate surface area is 176 Å². The average molecular weight is 456 g/mol. The number of hydrogen-bond donors (Lipinski definition) is 3. The number of hydrogen-bond acceptors (Lipinski definition) is 6. The Morgan fingerprint density at radius 3 is 2.00 bits per heavy atom. The highest BCUT2D eigenvalue weighted by Gasteiger charge is 2.25. The van der Waals surface area contributed by atoms with Crippen molar-refractivity contribution in [1.82, 2.24) is 4.31 Å². The summed E-state index contributed by atoms with van der Waals surface area (Å²) in [6.45, 7) is 2.89. The highest BCUT2D eigenvalue weighted by atomic mass is 32.2. The summed E-state index contributed by atoms with van der Waals surface area (Å²) in [5, 5.41) is 0. The van der Waals surface area contributed by atoms with Gasteiger partial charge >= 0.3 is 10.2 Å². The highest BCUT2D eigenvalue weighted by molar-refractivity contribution is 7.90. The molecule has 3 rings (SSSR count). The van der Waals surface area contributed by atoms with Crippen LogP contribution >= 0.6 is 0 Å². The van der Waals surface area contributed by atoms with Crippen LogP contribution in [0.2, 0.25) is 0 Å². The molecule has 0 spiro atoms. The Hall–Kier alpha value is -2.31. The Morgan fingerprint density at radius 2 is 1.53 bits per heavy atom. The molecule has 0 saturated carbocycles. The Balaban J connectivity index is 0.000000248. The predicted molar refractivity (Wildman–Crippen MR) is 114 cm³/mol. The summed E-state index contributed by atoms with van der Waals surface area (Å²) in [6.07, 6.45) is 1.79. The number of ketones is 1. The smallest absolute Gasteiger partial charge is 0.301 e. The lowest BCUT2D eigenvalue weighted by Crippen LogP contribution is -2.33. The topological polar surface area (TPSA) is 147 Å². The molecule has 2 aromatic carbocycles. The first kappa shape index (κ1) is 24.0. The van der Waals surface area contributed by atoms with Crippen molar-refractivity contribution in [1.29, 1.82) is 0 Å². The van der Waals surface area contributed by atoms with Gasteiger partial charge in [-0.2, -0.15) is 21.1 Å². The Morgan fingerprint density at radius 1 is 1.00 bits per heavy atom. The van der Waals surface area contributed by atoms with Crippen LogP contribution in [0.5, 0.6) is 0 Å². The molecule has 2 aromatic rings. The van der Waals surface area contributed by atoms with Crippen LogP contribution in [0.1, 0.15) is 28.8 Å². The predicted octanol–water partition coefficient (Wildman–Crippen LogP) is 1.82. The Kier molecular flexibility index (Phi) is 8.10. The van der Waals surface area contributed by atoms with Gasteiger partial charge in [0, 0.05) is 24.3 Å². The molecule has 1 heterocycles. The van der Waals surface area contributed by atoms with Gasteiger partial charge in [0.25, 0.3) is 10.1 Å². The summed E-state index contributed by atoms with van der Waals surface area (Å²) < 4.78 is 57.5. The van der Waals surface area contributed by atoms with Crippen molar-refractivity contribution in [3.63, 3.8) is 0 Å². The van der Waals surface area contributed by atoms with Crippen molar-refractivity contribution in [2.24, 2.45) is 5.73 Å². The first-order valence-electron chi connectivity index (χ1n) is 9.18. The number of nitrogens with two attached hydrogens (primary N) is 1. The number of carbonyl (C=O) groups is 1. The molecule has 30 heavy (non-hydrogen) atoms. The second-order valence-corrected chi connectivity index (χ2v) is 9.80. The lowest BCUT2D eigenvalue weighted by molar-refractivity contribution is 0.100. The molecular weight excluding hydrogens is 430 g/mol. The number of Topliss-reactive ketones (excluding diaryl/α,β-unsaturated/α-hetero) is 1. The lowest BCUT2D eigenvalue weighted by Gasteiger charge is -2.16. The van der Waals surface area contributed by atoms with E-state index in [0.29, 0.717) is 24.3 Å². The van der Waals surface area contributed by atoms with Gasteiger partial charge in [0.05, 0.1) is 11.4 Å². The molecule has 0 bridgehead atoms. The molecule has 9 nitrogen and oxygen atoms in total. The number of benzene rings is 2. The second kappa shape index (κ2) is 10.1. The zero-order valence-electron chi connectivity index (χ0n) is 16.5. The van der Waals surface area contributed by atoms with Crippen LogP contribution in [-0.4, -0.2) is 51.1 Å². The number of anilines is 1. The minimum atomic E-state index is -4.02. The van der Waals surface area contributed by atoms with Gasteiger partial charge in [0.2, 0.25) is 0 Å². The monoisotopic (exact) mass is 455 g/mol. The van der Waals surface area contributed by atoms with Crippen molar-refractivity contribution in [2.75, 3.05) is 24.4 Å². The first-order chi connectivity index (χ1) is 14.0. The summed E-state index contributed by atoms with van der Waals surface area (Å²) in [7, 11) is -7.50. The van der Waals surface area contributed by atoms with Gasteiger partial charge in [-0.1, -0.05) is 17.7 Å². The number of aryl methyl sites for hydroxylation is 1. The van der Waals surface area contributed by atoms with Gasteiger partial charge in [0.1, 0.15) is 0 Å². The molecule has 0 amide bonds. The van der Waals surface area contributed by atoms with E-state index in [1.54, 1.807) is 36.4 Å². The molecule has 0 radical (unpaired) electrons. The fraction of sp³-hybridized carbons (Fsp3) is 0.316. The number of nitrogens with zero attached hydrogens (tertiary/aromatic N) is 1. The van der Waals surface area contributed by atoms with Gasteiger partial charge < -0.3 is 5.73 Å². The van der Waals surface area contributed by atoms with Crippen LogP contribution in [0, 0.1) is 6.92 Å². The quantitative estimate of drug-likeness (QED) is 0.445. The van der Waals surface area contributed by atoms with Crippen LogP contribution in [0.3, 0.4) is 0 Å². The second-order valence-electron chi connectivity index (χ2n) is 6.71. The van der Waals surface area contributed by atoms with Gasteiger partial charge in [-0.05, 0) is 56.2 Å². The van der Waals surface area contributed by atoms with Crippen molar-refractivity contribution >= 4 is 31.8 Å². The van der Waals surface area contributed by atoms with Crippen LogP contribution in [0.15, 0.2) is 53.4 Å². The summed E-state index contributed by atoms with van der Waals surface area (Å²) >= 11 is 0. The maximum Gasteiger partial charge on any atom is 0.301 e. The molecule has 1 aliphatic heterocycles. The molecule has 0 unspecified atom stereocenters. The molecule has 0 aliphatic carbocycles. The largest absolute Gasteiger partial charge is 0.324 e. The number of nitrogens with one attached hydrogen (secondary N) is 1. The van der Waals surface area contributed by atoms with E-state index in [1.165, 1.54) is 16.4 Å². The van der Waals surface area contributed by atoms with Gasteiger partial charge in [-0.15, -0.1) is 0 Å². The van der Waals surface area contributed by atoms with E-state index in [1.807, 2.05) is 6.92 Å². The van der Waals surface area contributed by atoms with E-state index in [4.69, 9.17) is 10.3 Å². The van der Waals surface area contributed by atoms with Gasteiger partial charge in [-0.3, -0.25) is 14.1 Å². The van der Waals surface area contributed by atoms with Crippen LogP contribution in [0.4, 0.5) is 5.69 Å². The summed E-state index contributed by atoms with van der Waals surface area (Å²) in [4.78, 5) is 11.3. The summed E-state index contributed by atoms with van der Waals surface area (Å²) in [5.74, 6) is -0.172. The van der Waals surface area contributed by atoms with Crippen molar-refractivity contribution in [2.45, 2.75) is 24.7 Å². The maximum absolute atomic E-state index is 12.0. The van der Waals surface area contributed by atoms with E-state index in [2.05, 4.69) is 4.72 Å². The summed E-state index contributed by atoms with van der Waals surface area (Å²) in [6, 6.07) is 12.3. The molecule has 0 aromatic heterocycles. The maximum atomic E-state index is 12.0. The van der Waals surface area contributed by atoms with Gasteiger partial charge in [-0.25, -0.2) is 0 Å². The number of carbonyl (C=O) groups excluding carboxylic acids is 1. The molecule has 1 fully saturated rings. The third-order valence-corrected chi connectivity index (χ3v) is 6.77. The summed E-state index contributed by atoms with van der Waals surface area (Å²) in [5.41, 5.74) is 7.14. The van der Waals surface area contributed by atoms with E-state index in [9.17, 15) is 21.6 Å². The van der Waals surface area contributed by atoms with Crippen LogP contribution in [0.25, 0.3) is 0 Å². The SMILES string of the molecule is Cc1ccc(S(=O)(=O)O)cc1.NCC(=O)c1ccc(NS(=O)(=O)N2CCCC2)cc1. The minimum Gasteiger partial charge on any atom is -0.324 e. The van der Waals surface area contributed by atoms with E-state index in [-0.39, 0.29) is 17.2 Å². The standard InChI is InChI=1S/C12H17N3O3S.C7H8O3S/c13-9-12(16)10-3-5-11(6-4-10)14-19(17,18)15-7-1-2-8-15;1-6-2-4-7(5-3-6)11(8,9)10/h3-6,14H,1-2,7-9,13H2;2-5H,1H3,(H,8,9,10). The fourth-order valence-corrected chi connectivity index (χ4v) is 4.48. The number of rotatable bonds is 6. The fourth-order valence-electron chi connectivity index (χ4n) is 2.69. The normalized spacial score (nSPS) is 14.6. The molecule has 1 aliphatic rings. The Bertz CT molecular complexity index is 1060. The van der Waals surface area contributed by atoms with Crippen molar-refractivity contribution in [3.8, 4) is 0 Å². The average Bonchev–Trinajstić information content (AvgIpc) is 3.24. The zero-order chi connectivity index (χ0) is 22.4. The third-order valence-electron chi connectivity index (χ3n) is 4.36. The van der Waals surface area contributed by atoms with E-state index < -0.39 is 20.3 Å². The molecule has 11 heteroatoms.